The van der Waals surface area contributed by atoms with Gasteiger partial charge in [-0.05, 0) is 25.0 Å². The fraction of sp³-hybridized carbons (Fsp3) is 0.480. The van der Waals surface area contributed by atoms with Crippen molar-refractivity contribution < 1.29 is 31.9 Å². The second-order valence-corrected chi connectivity index (χ2v) is 9.91. The average Bonchev–Trinajstić information content (AvgIpc) is 3.51. The zero-order chi connectivity index (χ0) is 28.6. The fourth-order valence-electron chi connectivity index (χ4n) is 5.23. The lowest BCUT2D eigenvalue weighted by Crippen LogP contribution is -2.46. The predicted octanol–water partition coefficient (Wildman–Crippen LogP) is 3.20. The number of aromatic nitrogens is 4. The van der Waals surface area contributed by atoms with Crippen LogP contribution in [0.15, 0.2) is 24.7 Å². The first-order valence-corrected chi connectivity index (χ1v) is 12.8. The smallest absolute Gasteiger partial charge is 0.418 e. The van der Waals surface area contributed by atoms with E-state index in [2.05, 4.69) is 25.7 Å². The number of likely N-dealkylation sites (tertiary alicyclic amines) is 1. The number of fused-ring (bicyclic) bond motifs is 1. The third-order valence-electron chi connectivity index (χ3n) is 7.26. The molecule has 214 valence electrons. The summed E-state index contributed by atoms with van der Waals surface area (Å²) in [7, 11) is 1.27. The molecule has 0 unspecified atom stereocenters. The highest BCUT2D eigenvalue weighted by atomic mass is 19.4. The van der Waals surface area contributed by atoms with Crippen LogP contribution in [0, 0.1) is 0 Å². The van der Waals surface area contributed by atoms with Gasteiger partial charge in [-0.2, -0.15) is 18.3 Å². The van der Waals surface area contributed by atoms with Gasteiger partial charge in [0.2, 0.25) is 5.88 Å². The van der Waals surface area contributed by atoms with Gasteiger partial charge in [0.15, 0.2) is 5.82 Å². The van der Waals surface area contributed by atoms with Crippen LogP contribution in [0.3, 0.4) is 0 Å². The number of nitrogens with zero attached hydrogens (tertiary/aromatic N) is 5. The first-order valence-electron chi connectivity index (χ1n) is 12.8. The van der Waals surface area contributed by atoms with E-state index >= 15 is 0 Å². The van der Waals surface area contributed by atoms with Crippen molar-refractivity contribution in [3.63, 3.8) is 0 Å². The van der Waals surface area contributed by atoms with Crippen LogP contribution in [-0.4, -0.2) is 74.9 Å². The first-order chi connectivity index (χ1) is 19.1. The van der Waals surface area contributed by atoms with Gasteiger partial charge in [0.25, 0.3) is 5.91 Å². The molecule has 3 amide bonds. The van der Waals surface area contributed by atoms with Crippen LogP contribution in [0.25, 0.3) is 16.8 Å². The zero-order valence-electron chi connectivity index (χ0n) is 21.5. The lowest BCUT2D eigenvalue weighted by atomic mass is 9.96. The van der Waals surface area contributed by atoms with Gasteiger partial charge in [0.05, 0.1) is 31.0 Å². The van der Waals surface area contributed by atoms with Crippen LogP contribution in [-0.2, 0) is 6.18 Å². The first kappa shape index (κ1) is 27.4. The van der Waals surface area contributed by atoms with Crippen LogP contribution in [0.2, 0.25) is 0 Å². The van der Waals surface area contributed by atoms with Gasteiger partial charge in [-0.25, -0.2) is 23.7 Å². The number of hydrogen-bond acceptors (Lipinski definition) is 7. The molecule has 1 aliphatic carbocycles. The second kappa shape index (κ2) is 10.8. The standard InChI is InChI=1S/C25H28F4N8O3/c1-40-23-15(22(38)35-18-11-36(10-17(18)26)24(39)34-14-5-3-2-4-6-14)7-13(9-31-23)19-8-16(25(27,28)29)20-21(30)32-12-33-37(19)20/h7-9,12,14,17-18H,2-6,10-11H2,1H3,(H,34,39)(H,35,38)(H2,30,32,33)/t17-,18+/m0/s1. The van der Waals surface area contributed by atoms with E-state index < -0.39 is 35.4 Å². The predicted molar refractivity (Wildman–Crippen MR) is 135 cm³/mol. The van der Waals surface area contributed by atoms with Crippen LogP contribution < -0.4 is 21.1 Å². The molecular formula is C25H28F4N8O3. The Kier molecular flexibility index (Phi) is 7.38. The number of hydrogen-bond donors (Lipinski definition) is 3. The van der Waals surface area contributed by atoms with E-state index in [1.54, 1.807) is 0 Å². The molecule has 1 saturated carbocycles. The molecule has 1 aliphatic heterocycles. The Balaban J connectivity index is 1.38. The van der Waals surface area contributed by atoms with E-state index in [0.717, 1.165) is 49.0 Å². The van der Waals surface area contributed by atoms with Crippen molar-refractivity contribution in [3.8, 4) is 17.1 Å². The average molecular weight is 565 g/mol. The van der Waals surface area contributed by atoms with Crippen molar-refractivity contribution >= 4 is 23.3 Å². The van der Waals surface area contributed by atoms with Crippen molar-refractivity contribution in [1.29, 1.82) is 0 Å². The molecule has 11 nitrogen and oxygen atoms in total. The highest BCUT2D eigenvalue weighted by Gasteiger charge is 2.39. The summed E-state index contributed by atoms with van der Waals surface area (Å²) in [6.45, 7) is -0.230. The number of ether oxygens (including phenoxy) is 1. The summed E-state index contributed by atoms with van der Waals surface area (Å²) in [6, 6.07) is 0.778. The molecule has 0 aromatic carbocycles. The molecule has 5 rings (SSSR count). The summed E-state index contributed by atoms with van der Waals surface area (Å²) in [5.41, 5.74) is 4.14. The van der Waals surface area contributed by atoms with Gasteiger partial charge in [0.1, 0.15) is 23.6 Å². The Hall–Kier alpha value is -4.17. The van der Waals surface area contributed by atoms with E-state index in [4.69, 9.17) is 10.5 Å². The summed E-state index contributed by atoms with van der Waals surface area (Å²) in [6.07, 6.45) is 0.895. The molecule has 15 heteroatoms. The molecule has 3 aromatic rings. The number of rotatable bonds is 5. The van der Waals surface area contributed by atoms with E-state index in [1.807, 2.05) is 0 Å². The molecule has 0 spiro atoms. The van der Waals surface area contributed by atoms with Crippen LogP contribution in [0.4, 0.5) is 28.2 Å². The van der Waals surface area contributed by atoms with Crippen LogP contribution in [0.1, 0.15) is 48.0 Å². The number of nitrogens with two attached hydrogens (primary N) is 1. The van der Waals surface area contributed by atoms with Gasteiger partial charge in [-0.3, -0.25) is 4.79 Å². The van der Waals surface area contributed by atoms with Gasteiger partial charge in [-0.1, -0.05) is 19.3 Å². The Morgan fingerprint density at radius 2 is 1.85 bits per heavy atom. The molecule has 1 saturated heterocycles. The SMILES string of the molecule is COc1ncc(-c2cc(C(F)(F)F)c3c(N)ncnn23)cc1C(=O)N[C@@H]1CN(C(=O)NC2CCCCC2)C[C@@H]1F. The molecule has 3 aromatic heterocycles. The lowest BCUT2D eigenvalue weighted by molar-refractivity contribution is -0.136. The minimum Gasteiger partial charge on any atom is -0.480 e. The number of amides is 3. The number of nitrogen functional groups attached to an aromatic ring is 1. The van der Waals surface area contributed by atoms with Crippen molar-refractivity contribution in [2.75, 3.05) is 25.9 Å². The van der Waals surface area contributed by atoms with Crippen molar-refractivity contribution in [1.82, 2.24) is 35.1 Å². The molecule has 40 heavy (non-hydrogen) atoms. The normalized spacial score (nSPS) is 20.1. The van der Waals surface area contributed by atoms with Crippen molar-refractivity contribution in [2.24, 2.45) is 0 Å². The van der Waals surface area contributed by atoms with Gasteiger partial charge < -0.3 is 26.0 Å². The highest BCUT2D eigenvalue weighted by Crippen LogP contribution is 2.39. The molecule has 4 heterocycles. The topological polar surface area (TPSA) is 140 Å². The lowest BCUT2D eigenvalue weighted by Gasteiger charge is -2.26. The number of halogens is 4. The van der Waals surface area contributed by atoms with Gasteiger partial charge >= 0.3 is 12.2 Å². The molecule has 2 aliphatic rings. The summed E-state index contributed by atoms with van der Waals surface area (Å²) >= 11 is 0. The Bertz CT molecular complexity index is 1420. The molecule has 2 fully saturated rings. The number of anilines is 1. The maximum absolute atomic E-state index is 14.9. The zero-order valence-corrected chi connectivity index (χ0v) is 21.5. The summed E-state index contributed by atoms with van der Waals surface area (Å²) in [5, 5.41) is 9.41. The second-order valence-electron chi connectivity index (χ2n) is 9.91. The molecule has 0 radical (unpaired) electrons. The minimum absolute atomic E-state index is 0.0459. The van der Waals surface area contributed by atoms with Crippen LogP contribution >= 0.6 is 0 Å². The molecule has 0 bridgehead atoms. The van der Waals surface area contributed by atoms with E-state index in [9.17, 15) is 27.2 Å². The van der Waals surface area contributed by atoms with Gasteiger partial charge in [-0.15, -0.1) is 0 Å². The quantitative estimate of drug-likeness (QED) is 0.405. The Morgan fingerprint density at radius 3 is 2.55 bits per heavy atom. The van der Waals surface area contributed by atoms with E-state index in [1.165, 1.54) is 24.3 Å². The summed E-state index contributed by atoms with van der Waals surface area (Å²) in [5.74, 6) is -1.26. The third-order valence-corrected chi connectivity index (χ3v) is 7.26. The largest absolute Gasteiger partial charge is 0.480 e. The Morgan fingerprint density at radius 1 is 1.10 bits per heavy atom. The number of carbonyl (C=O) groups is 2. The van der Waals surface area contributed by atoms with Gasteiger partial charge in [0, 0.05) is 24.3 Å². The fourth-order valence-corrected chi connectivity index (χ4v) is 5.23. The van der Waals surface area contributed by atoms with E-state index in [-0.39, 0.29) is 53.7 Å². The number of nitrogens with one attached hydrogen (secondary N) is 2. The minimum atomic E-state index is -4.75. The molecule has 4 N–H and O–H groups in total. The third kappa shape index (κ3) is 5.31. The highest BCUT2D eigenvalue weighted by molar-refractivity contribution is 5.98. The monoisotopic (exact) mass is 564 g/mol. The summed E-state index contributed by atoms with van der Waals surface area (Å²) < 4.78 is 62.3. The van der Waals surface area contributed by atoms with E-state index in [0.29, 0.717) is 0 Å². The summed E-state index contributed by atoms with van der Waals surface area (Å²) in [4.78, 5) is 35.0. The molecule has 2 atom stereocenters. The maximum atomic E-state index is 14.9. The Labute approximate surface area is 226 Å². The van der Waals surface area contributed by atoms with Crippen molar-refractivity contribution in [2.45, 2.75) is 56.5 Å². The number of methoxy groups -OCH3 is 1. The molecular weight excluding hydrogens is 536 g/mol. The maximum Gasteiger partial charge on any atom is 0.418 e. The van der Waals surface area contributed by atoms with Crippen LogP contribution in [0.5, 0.6) is 5.88 Å². The number of urea groups is 1. The number of pyridine rings is 1. The van der Waals surface area contributed by atoms with Crippen molar-refractivity contribution in [3.05, 3.63) is 35.8 Å². The number of carbonyl (C=O) groups excluding carboxylic acids is 2. The number of alkyl halides is 4.